The van der Waals surface area contributed by atoms with Gasteiger partial charge in [-0.15, -0.1) is 0 Å². The molecule has 0 aliphatic carbocycles. The summed E-state index contributed by atoms with van der Waals surface area (Å²) in [5.74, 6) is 3.61. The predicted octanol–water partition coefficient (Wildman–Crippen LogP) is 7.48. The van der Waals surface area contributed by atoms with Crippen molar-refractivity contribution in [2.45, 2.75) is 37.5 Å². The molecule has 0 bridgehead atoms. The molecule has 0 amide bonds. The van der Waals surface area contributed by atoms with Crippen LogP contribution in [-0.4, -0.2) is 0 Å². The lowest BCUT2D eigenvalue weighted by molar-refractivity contribution is 0.572. The molecule has 31 heavy (non-hydrogen) atoms. The zero-order valence-corrected chi connectivity index (χ0v) is 17.8. The fourth-order valence-electron chi connectivity index (χ4n) is 3.16. The van der Waals surface area contributed by atoms with Crippen LogP contribution in [0.3, 0.4) is 0 Å². The standard InChI is InChI=1S/C26H20F3NS/c1-2-3-4-5-19-14-23(27)22(24(28)15-19)12-8-18-6-9-20(10-7-18)21-11-13-26(31-17-30)25(29)16-21/h6-7,9-11,13-16H,2-5H2,1H3. The summed E-state index contributed by atoms with van der Waals surface area (Å²) < 4.78 is 42.7. The van der Waals surface area contributed by atoms with E-state index in [1.807, 2.05) is 5.40 Å². The van der Waals surface area contributed by atoms with Gasteiger partial charge in [0.15, 0.2) is 0 Å². The molecular formula is C26H20F3NS. The predicted molar refractivity (Wildman–Crippen MR) is 119 cm³/mol. The summed E-state index contributed by atoms with van der Waals surface area (Å²) >= 11 is 0.772. The number of hydrogen-bond acceptors (Lipinski definition) is 2. The van der Waals surface area contributed by atoms with Gasteiger partial charge in [0.25, 0.3) is 0 Å². The summed E-state index contributed by atoms with van der Waals surface area (Å²) in [6.07, 6.45) is 3.62. The molecule has 3 aromatic carbocycles. The van der Waals surface area contributed by atoms with E-state index in [-0.39, 0.29) is 10.5 Å². The first-order valence-corrected chi connectivity index (χ1v) is 10.8. The number of nitrogens with zero attached hydrogens (tertiary/aromatic N) is 1. The smallest absolute Gasteiger partial charge is 0.142 e. The van der Waals surface area contributed by atoms with Crippen molar-refractivity contribution in [2.75, 3.05) is 0 Å². The van der Waals surface area contributed by atoms with E-state index in [2.05, 4.69) is 18.8 Å². The molecule has 5 heteroatoms. The molecule has 0 unspecified atom stereocenters. The van der Waals surface area contributed by atoms with Gasteiger partial charge in [-0.3, -0.25) is 0 Å². The van der Waals surface area contributed by atoms with E-state index in [0.29, 0.717) is 23.1 Å². The third kappa shape index (κ3) is 5.94. The summed E-state index contributed by atoms with van der Waals surface area (Å²) in [5.41, 5.74) is 2.43. The number of aryl methyl sites for hydroxylation is 1. The SMILES string of the molecule is CCCCCc1cc(F)c(C#Cc2ccc(-c3ccc(SC#N)c(F)c3)cc2)c(F)c1. The summed E-state index contributed by atoms with van der Waals surface area (Å²) in [7, 11) is 0. The van der Waals surface area contributed by atoms with Crippen LogP contribution in [0.15, 0.2) is 59.5 Å². The lowest BCUT2D eigenvalue weighted by atomic mass is 10.0. The van der Waals surface area contributed by atoms with Crippen LogP contribution in [0.5, 0.6) is 0 Å². The number of nitriles is 1. The normalized spacial score (nSPS) is 10.3. The van der Waals surface area contributed by atoms with Crippen molar-refractivity contribution in [1.82, 2.24) is 0 Å². The second-order valence-corrected chi connectivity index (χ2v) is 7.88. The zero-order chi connectivity index (χ0) is 22.2. The number of rotatable bonds is 6. The number of halogens is 3. The third-order valence-corrected chi connectivity index (χ3v) is 5.45. The van der Waals surface area contributed by atoms with Gasteiger partial charge < -0.3 is 0 Å². The van der Waals surface area contributed by atoms with Crippen LogP contribution < -0.4 is 0 Å². The summed E-state index contributed by atoms with van der Waals surface area (Å²) in [5, 5.41) is 10.5. The second-order valence-electron chi connectivity index (χ2n) is 7.06. The first-order valence-electron chi connectivity index (χ1n) is 9.97. The Balaban J connectivity index is 1.77. The van der Waals surface area contributed by atoms with Gasteiger partial charge in [-0.25, -0.2) is 13.2 Å². The van der Waals surface area contributed by atoms with Crippen molar-refractivity contribution < 1.29 is 13.2 Å². The van der Waals surface area contributed by atoms with Gasteiger partial charge in [0.2, 0.25) is 0 Å². The highest BCUT2D eigenvalue weighted by atomic mass is 32.2. The van der Waals surface area contributed by atoms with Gasteiger partial charge in [0.05, 0.1) is 10.5 Å². The Morgan fingerprint density at radius 2 is 1.48 bits per heavy atom. The number of benzene rings is 3. The first-order chi connectivity index (χ1) is 15.0. The fourth-order valence-corrected chi connectivity index (χ4v) is 3.55. The van der Waals surface area contributed by atoms with E-state index >= 15 is 0 Å². The average Bonchev–Trinajstić information content (AvgIpc) is 2.75. The van der Waals surface area contributed by atoms with Gasteiger partial charge in [0.1, 0.15) is 22.9 Å². The van der Waals surface area contributed by atoms with Gasteiger partial charge in [-0.05, 0) is 77.7 Å². The lowest BCUT2D eigenvalue weighted by Crippen LogP contribution is -1.95. The second kappa shape index (κ2) is 10.8. The quantitative estimate of drug-likeness (QED) is 0.173. The van der Waals surface area contributed by atoms with Crippen LogP contribution in [0.25, 0.3) is 11.1 Å². The summed E-state index contributed by atoms with van der Waals surface area (Å²) in [6, 6.07) is 14.3. The molecule has 0 aromatic heterocycles. The van der Waals surface area contributed by atoms with Gasteiger partial charge in [-0.1, -0.05) is 49.8 Å². The summed E-state index contributed by atoms with van der Waals surface area (Å²) in [6.45, 7) is 2.08. The molecule has 0 heterocycles. The Morgan fingerprint density at radius 3 is 2.10 bits per heavy atom. The fraction of sp³-hybridized carbons (Fsp3) is 0.192. The molecule has 0 aliphatic rings. The minimum Gasteiger partial charge on any atom is -0.206 e. The van der Waals surface area contributed by atoms with Crippen molar-refractivity contribution in [1.29, 1.82) is 5.26 Å². The average molecular weight is 436 g/mol. The highest BCUT2D eigenvalue weighted by molar-refractivity contribution is 8.03. The van der Waals surface area contributed by atoms with Crippen molar-refractivity contribution in [3.63, 3.8) is 0 Å². The molecule has 0 atom stereocenters. The van der Waals surface area contributed by atoms with Gasteiger partial charge in [-0.2, -0.15) is 5.26 Å². The molecule has 3 aromatic rings. The molecular weight excluding hydrogens is 415 g/mol. The van der Waals surface area contributed by atoms with Gasteiger partial charge >= 0.3 is 0 Å². The maximum absolute atomic E-state index is 14.3. The van der Waals surface area contributed by atoms with E-state index in [0.717, 1.165) is 36.6 Å². The minimum atomic E-state index is -0.651. The van der Waals surface area contributed by atoms with E-state index < -0.39 is 17.5 Å². The Kier molecular flexibility index (Phi) is 7.82. The largest absolute Gasteiger partial charge is 0.206 e. The molecule has 0 saturated carbocycles. The maximum atomic E-state index is 14.3. The van der Waals surface area contributed by atoms with Crippen molar-refractivity contribution in [3.05, 3.63) is 88.7 Å². The Bertz CT molecular complexity index is 1140. The number of thiocyanates is 1. The van der Waals surface area contributed by atoms with Gasteiger partial charge in [0, 0.05) is 5.56 Å². The zero-order valence-electron chi connectivity index (χ0n) is 17.0. The third-order valence-electron chi connectivity index (χ3n) is 4.81. The van der Waals surface area contributed by atoms with E-state index in [1.54, 1.807) is 36.4 Å². The van der Waals surface area contributed by atoms with Crippen LogP contribution in [0.1, 0.15) is 42.9 Å². The Morgan fingerprint density at radius 1 is 0.806 bits per heavy atom. The Hall–Kier alpha value is -3.15. The molecule has 0 radical (unpaired) electrons. The van der Waals surface area contributed by atoms with Crippen molar-refractivity contribution in [3.8, 4) is 28.4 Å². The van der Waals surface area contributed by atoms with Crippen LogP contribution in [0, 0.1) is 40.0 Å². The molecule has 0 spiro atoms. The van der Waals surface area contributed by atoms with E-state index in [9.17, 15) is 13.2 Å². The van der Waals surface area contributed by atoms with Crippen molar-refractivity contribution in [2.24, 2.45) is 0 Å². The maximum Gasteiger partial charge on any atom is 0.142 e. The first kappa shape index (κ1) is 22.5. The van der Waals surface area contributed by atoms with Crippen LogP contribution in [0.4, 0.5) is 13.2 Å². The Labute approximate surface area is 184 Å². The van der Waals surface area contributed by atoms with Crippen LogP contribution in [0.2, 0.25) is 0 Å². The molecule has 0 aliphatic heterocycles. The lowest BCUT2D eigenvalue weighted by Gasteiger charge is -2.05. The van der Waals surface area contributed by atoms with Crippen LogP contribution in [-0.2, 0) is 6.42 Å². The molecule has 1 nitrogen and oxygen atoms in total. The summed E-state index contributed by atoms with van der Waals surface area (Å²) in [4.78, 5) is 0.272. The molecule has 0 fully saturated rings. The number of unbranched alkanes of at least 4 members (excludes halogenated alkanes) is 2. The molecule has 156 valence electrons. The molecule has 3 rings (SSSR count). The highest BCUT2D eigenvalue weighted by Crippen LogP contribution is 2.27. The van der Waals surface area contributed by atoms with E-state index in [1.165, 1.54) is 18.2 Å². The monoisotopic (exact) mass is 435 g/mol. The minimum absolute atomic E-state index is 0.240. The molecule has 0 saturated heterocycles. The topological polar surface area (TPSA) is 23.8 Å². The van der Waals surface area contributed by atoms with Crippen LogP contribution >= 0.6 is 11.8 Å². The number of hydrogen-bond donors (Lipinski definition) is 0. The highest BCUT2D eigenvalue weighted by Gasteiger charge is 2.09. The molecule has 0 N–H and O–H groups in total. The number of thioether (sulfide) groups is 1. The van der Waals surface area contributed by atoms with Crippen molar-refractivity contribution >= 4 is 11.8 Å². The van der Waals surface area contributed by atoms with E-state index in [4.69, 9.17) is 5.26 Å².